The quantitative estimate of drug-likeness (QED) is 0.717. The number of hydrogen-bond acceptors (Lipinski definition) is 2. The number of aliphatic hydroxyl groups is 1. The Morgan fingerprint density at radius 1 is 1.11 bits per heavy atom. The van der Waals surface area contributed by atoms with Crippen LogP contribution in [0.25, 0.3) is 0 Å². The van der Waals surface area contributed by atoms with Gasteiger partial charge in [0, 0.05) is 17.8 Å². The fraction of sp³-hybridized carbons (Fsp3) is 0.800. The molecule has 0 saturated heterocycles. The fourth-order valence-corrected chi connectivity index (χ4v) is 2.56. The van der Waals surface area contributed by atoms with Crippen LogP contribution in [-0.4, -0.2) is 14.9 Å². The standard InChI is InChI=1S/C15H28N2O/c1-5-8-9-10-11-17-14(7-3)15(12(4)18)13(6-2)16-17/h12,18H,5-11H2,1-4H3. The van der Waals surface area contributed by atoms with E-state index in [0.29, 0.717) is 0 Å². The molecule has 1 atom stereocenters. The van der Waals surface area contributed by atoms with Crippen LogP contribution in [-0.2, 0) is 19.4 Å². The highest BCUT2D eigenvalue weighted by molar-refractivity contribution is 5.28. The molecule has 0 aliphatic rings. The molecule has 1 unspecified atom stereocenters. The summed E-state index contributed by atoms with van der Waals surface area (Å²) in [6.45, 7) is 9.31. The molecule has 0 saturated carbocycles. The predicted molar refractivity (Wildman–Crippen MR) is 75.8 cm³/mol. The number of aryl methyl sites for hydroxylation is 2. The molecule has 1 rings (SSSR count). The van der Waals surface area contributed by atoms with Crippen molar-refractivity contribution in [2.45, 2.75) is 78.9 Å². The number of unbranched alkanes of at least 4 members (excludes halogenated alkanes) is 3. The Morgan fingerprint density at radius 3 is 2.33 bits per heavy atom. The lowest BCUT2D eigenvalue weighted by Crippen LogP contribution is -2.06. The summed E-state index contributed by atoms with van der Waals surface area (Å²) < 4.78 is 2.12. The lowest BCUT2D eigenvalue weighted by molar-refractivity contribution is 0.197. The Labute approximate surface area is 111 Å². The smallest absolute Gasteiger partial charge is 0.0798 e. The molecule has 1 heterocycles. The molecule has 0 radical (unpaired) electrons. The number of hydrogen-bond donors (Lipinski definition) is 1. The molecule has 3 nitrogen and oxygen atoms in total. The SMILES string of the molecule is CCCCCCn1nc(CC)c(C(C)O)c1CC. The Morgan fingerprint density at radius 2 is 1.83 bits per heavy atom. The van der Waals surface area contributed by atoms with Gasteiger partial charge in [-0.15, -0.1) is 0 Å². The van der Waals surface area contributed by atoms with Crippen molar-refractivity contribution in [3.63, 3.8) is 0 Å². The van der Waals surface area contributed by atoms with Crippen LogP contribution >= 0.6 is 0 Å². The van der Waals surface area contributed by atoms with E-state index in [0.717, 1.165) is 30.6 Å². The average molecular weight is 252 g/mol. The molecule has 104 valence electrons. The van der Waals surface area contributed by atoms with Crippen molar-refractivity contribution < 1.29 is 5.11 Å². The van der Waals surface area contributed by atoms with Crippen molar-refractivity contribution >= 4 is 0 Å². The van der Waals surface area contributed by atoms with Crippen molar-refractivity contribution in [1.82, 2.24) is 9.78 Å². The van der Waals surface area contributed by atoms with Gasteiger partial charge in [0.05, 0.1) is 11.8 Å². The van der Waals surface area contributed by atoms with E-state index in [1.54, 1.807) is 0 Å². The minimum atomic E-state index is -0.403. The maximum atomic E-state index is 9.92. The van der Waals surface area contributed by atoms with Crippen molar-refractivity contribution in [3.8, 4) is 0 Å². The molecule has 1 aromatic rings. The zero-order valence-corrected chi connectivity index (χ0v) is 12.4. The number of aromatic nitrogens is 2. The largest absolute Gasteiger partial charge is 0.389 e. The maximum absolute atomic E-state index is 9.92. The van der Waals surface area contributed by atoms with Crippen molar-refractivity contribution in [2.24, 2.45) is 0 Å². The van der Waals surface area contributed by atoms with E-state index in [4.69, 9.17) is 0 Å². The van der Waals surface area contributed by atoms with Gasteiger partial charge < -0.3 is 5.11 Å². The Kier molecular flexibility index (Phi) is 6.41. The second-order valence-corrected chi connectivity index (χ2v) is 4.97. The lowest BCUT2D eigenvalue weighted by atomic mass is 10.0. The molecule has 0 aliphatic heterocycles. The monoisotopic (exact) mass is 252 g/mol. The zero-order chi connectivity index (χ0) is 13.5. The van der Waals surface area contributed by atoms with Gasteiger partial charge >= 0.3 is 0 Å². The lowest BCUT2D eigenvalue weighted by Gasteiger charge is -2.09. The van der Waals surface area contributed by atoms with Crippen LogP contribution in [0.5, 0.6) is 0 Å². The van der Waals surface area contributed by atoms with Gasteiger partial charge in [-0.25, -0.2) is 0 Å². The first-order chi connectivity index (χ1) is 8.65. The van der Waals surface area contributed by atoms with Gasteiger partial charge in [0.15, 0.2) is 0 Å². The second-order valence-electron chi connectivity index (χ2n) is 4.97. The van der Waals surface area contributed by atoms with Gasteiger partial charge in [-0.3, -0.25) is 4.68 Å². The Balaban J connectivity index is 2.83. The van der Waals surface area contributed by atoms with Crippen LogP contribution in [0.1, 0.15) is 76.4 Å². The molecule has 18 heavy (non-hydrogen) atoms. The second kappa shape index (κ2) is 7.57. The predicted octanol–water partition coefficient (Wildman–Crippen LogP) is 3.64. The molecular weight excluding hydrogens is 224 g/mol. The first kappa shape index (κ1) is 15.2. The molecule has 0 spiro atoms. The van der Waals surface area contributed by atoms with E-state index in [1.165, 1.54) is 31.4 Å². The van der Waals surface area contributed by atoms with Crippen LogP contribution in [0.3, 0.4) is 0 Å². The van der Waals surface area contributed by atoms with Gasteiger partial charge in [0.1, 0.15) is 0 Å². The Hall–Kier alpha value is -0.830. The summed E-state index contributed by atoms with van der Waals surface area (Å²) in [4.78, 5) is 0. The van der Waals surface area contributed by atoms with E-state index in [1.807, 2.05) is 6.92 Å². The maximum Gasteiger partial charge on any atom is 0.0798 e. The molecule has 0 aromatic carbocycles. The van der Waals surface area contributed by atoms with E-state index >= 15 is 0 Å². The molecule has 1 N–H and O–H groups in total. The third kappa shape index (κ3) is 3.58. The molecule has 0 aliphatic carbocycles. The summed E-state index contributed by atoms with van der Waals surface area (Å²) in [5, 5.41) is 14.6. The third-order valence-electron chi connectivity index (χ3n) is 3.49. The summed E-state index contributed by atoms with van der Waals surface area (Å²) in [7, 11) is 0. The van der Waals surface area contributed by atoms with Crippen LogP contribution in [0, 0.1) is 0 Å². The fourth-order valence-electron chi connectivity index (χ4n) is 2.56. The molecule has 0 fully saturated rings. The number of aliphatic hydroxyl groups excluding tert-OH is 1. The topological polar surface area (TPSA) is 38.0 Å². The zero-order valence-electron chi connectivity index (χ0n) is 12.4. The van der Waals surface area contributed by atoms with Crippen LogP contribution in [0.15, 0.2) is 0 Å². The highest BCUT2D eigenvalue weighted by atomic mass is 16.3. The first-order valence-corrected chi connectivity index (χ1v) is 7.42. The van der Waals surface area contributed by atoms with Gasteiger partial charge in [0.25, 0.3) is 0 Å². The van der Waals surface area contributed by atoms with Crippen LogP contribution < -0.4 is 0 Å². The third-order valence-corrected chi connectivity index (χ3v) is 3.49. The van der Waals surface area contributed by atoms with Gasteiger partial charge in [0.2, 0.25) is 0 Å². The highest BCUT2D eigenvalue weighted by Gasteiger charge is 2.18. The van der Waals surface area contributed by atoms with Crippen molar-refractivity contribution in [2.75, 3.05) is 0 Å². The highest BCUT2D eigenvalue weighted by Crippen LogP contribution is 2.23. The first-order valence-electron chi connectivity index (χ1n) is 7.42. The summed E-state index contributed by atoms with van der Waals surface area (Å²) >= 11 is 0. The summed E-state index contributed by atoms with van der Waals surface area (Å²) in [5.41, 5.74) is 3.35. The van der Waals surface area contributed by atoms with Gasteiger partial charge in [-0.05, 0) is 26.2 Å². The van der Waals surface area contributed by atoms with E-state index in [-0.39, 0.29) is 0 Å². The van der Waals surface area contributed by atoms with Crippen LogP contribution in [0.4, 0.5) is 0 Å². The van der Waals surface area contributed by atoms with E-state index in [2.05, 4.69) is 30.6 Å². The molecule has 3 heteroatoms. The molecular formula is C15H28N2O. The van der Waals surface area contributed by atoms with Crippen molar-refractivity contribution in [1.29, 1.82) is 0 Å². The van der Waals surface area contributed by atoms with Gasteiger partial charge in [-0.2, -0.15) is 5.10 Å². The van der Waals surface area contributed by atoms with E-state index < -0.39 is 6.10 Å². The average Bonchev–Trinajstić information content (AvgIpc) is 2.72. The minimum Gasteiger partial charge on any atom is -0.389 e. The number of rotatable bonds is 8. The normalized spacial score (nSPS) is 12.9. The van der Waals surface area contributed by atoms with Crippen molar-refractivity contribution in [3.05, 3.63) is 17.0 Å². The molecule has 1 aromatic heterocycles. The van der Waals surface area contributed by atoms with Crippen LogP contribution in [0.2, 0.25) is 0 Å². The number of nitrogens with zero attached hydrogens (tertiary/aromatic N) is 2. The van der Waals surface area contributed by atoms with Gasteiger partial charge in [-0.1, -0.05) is 40.0 Å². The van der Waals surface area contributed by atoms with E-state index in [9.17, 15) is 5.11 Å². The summed E-state index contributed by atoms with van der Waals surface area (Å²) in [6.07, 6.45) is 6.46. The molecule has 0 bridgehead atoms. The minimum absolute atomic E-state index is 0.403. The molecule has 0 amide bonds. The summed E-state index contributed by atoms with van der Waals surface area (Å²) in [6, 6.07) is 0. The Bertz CT molecular complexity index is 356. The summed E-state index contributed by atoms with van der Waals surface area (Å²) in [5.74, 6) is 0.